The van der Waals surface area contributed by atoms with Crippen molar-refractivity contribution in [2.75, 3.05) is 57.9 Å². The van der Waals surface area contributed by atoms with Crippen molar-refractivity contribution in [2.45, 2.75) is 45.2 Å². The van der Waals surface area contributed by atoms with Crippen molar-refractivity contribution >= 4 is 11.6 Å². The Morgan fingerprint density at radius 2 is 1.89 bits per heavy atom. The largest absolute Gasteiger partial charge is 0.379 e. The minimum atomic E-state index is 0.0559. The van der Waals surface area contributed by atoms with Gasteiger partial charge in [0.25, 0.3) is 0 Å². The standard InChI is InChI=1S/C22H37N5O/c1-18(19-8-7-9-20(16-19)26-10-5-6-11-26)25-21(23-4)24-17-22(2,3)27-12-14-28-15-13-27/h7-9,16,18H,5-6,10-15,17H2,1-4H3,(H2,23,24,25). The summed E-state index contributed by atoms with van der Waals surface area (Å²) in [5.41, 5.74) is 2.68. The van der Waals surface area contributed by atoms with Crippen LogP contribution in [0.25, 0.3) is 0 Å². The van der Waals surface area contributed by atoms with Crippen molar-refractivity contribution in [1.82, 2.24) is 15.5 Å². The lowest BCUT2D eigenvalue weighted by Crippen LogP contribution is -2.56. The molecule has 2 N–H and O–H groups in total. The van der Waals surface area contributed by atoms with E-state index in [1.54, 1.807) is 0 Å². The molecular formula is C22H37N5O. The van der Waals surface area contributed by atoms with Gasteiger partial charge in [-0.1, -0.05) is 12.1 Å². The zero-order valence-electron chi connectivity index (χ0n) is 18.0. The third-order valence-corrected chi connectivity index (χ3v) is 5.97. The Kier molecular flexibility index (Phi) is 7.18. The highest BCUT2D eigenvalue weighted by Gasteiger charge is 2.28. The molecule has 0 saturated carbocycles. The summed E-state index contributed by atoms with van der Waals surface area (Å²) >= 11 is 0. The Balaban J connectivity index is 1.56. The molecule has 2 fully saturated rings. The van der Waals surface area contributed by atoms with Crippen molar-refractivity contribution in [3.8, 4) is 0 Å². The Bertz CT molecular complexity index is 648. The van der Waals surface area contributed by atoms with Crippen LogP contribution in [-0.2, 0) is 4.74 Å². The SMILES string of the molecule is CN=C(NCC(C)(C)N1CCOCC1)NC(C)c1cccc(N2CCCC2)c1. The second kappa shape index (κ2) is 9.61. The van der Waals surface area contributed by atoms with Crippen molar-refractivity contribution in [3.05, 3.63) is 29.8 Å². The van der Waals surface area contributed by atoms with Gasteiger partial charge in [-0.25, -0.2) is 0 Å². The van der Waals surface area contributed by atoms with Gasteiger partial charge in [-0.3, -0.25) is 9.89 Å². The van der Waals surface area contributed by atoms with Gasteiger partial charge in [-0.05, 0) is 51.3 Å². The molecule has 6 heteroatoms. The molecule has 1 aromatic rings. The lowest BCUT2D eigenvalue weighted by Gasteiger charge is -2.41. The van der Waals surface area contributed by atoms with Gasteiger partial charge in [-0.2, -0.15) is 0 Å². The topological polar surface area (TPSA) is 52.1 Å². The van der Waals surface area contributed by atoms with E-state index in [0.29, 0.717) is 0 Å². The quantitative estimate of drug-likeness (QED) is 0.581. The molecule has 1 unspecified atom stereocenters. The zero-order chi connectivity index (χ0) is 20.0. The first-order chi connectivity index (χ1) is 13.5. The maximum absolute atomic E-state index is 5.49. The fraction of sp³-hybridized carbons (Fsp3) is 0.682. The third kappa shape index (κ3) is 5.39. The van der Waals surface area contributed by atoms with Gasteiger partial charge in [0.15, 0.2) is 5.96 Å². The number of ether oxygens (including phenoxy) is 1. The lowest BCUT2D eigenvalue weighted by molar-refractivity contribution is -0.00834. The maximum Gasteiger partial charge on any atom is 0.191 e. The van der Waals surface area contributed by atoms with Crippen LogP contribution in [-0.4, -0.2) is 69.4 Å². The molecule has 0 radical (unpaired) electrons. The van der Waals surface area contributed by atoms with Gasteiger partial charge in [-0.15, -0.1) is 0 Å². The second-order valence-corrected chi connectivity index (χ2v) is 8.49. The van der Waals surface area contributed by atoms with Crippen molar-refractivity contribution in [3.63, 3.8) is 0 Å². The molecule has 156 valence electrons. The Labute approximate surface area is 170 Å². The number of nitrogens with one attached hydrogen (secondary N) is 2. The molecule has 2 aliphatic heterocycles. The number of rotatable bonds is 6. The van der Waals surface area contributed by atoms with Crippen molar-refractivity contribution in [1.29, 1.82) is 0 Å². The van der Waals surface area contributed by atoms with Crippen LogP contribution >= 0.6 is 0 Å². The maximum atomic E-state index is 5.49. The summed E-state index contributed by atoms with van der Waals surface area (Å²) in [7, 11) is 1.84. The first-order valence-electron chi connectivity index (χ1n) is 10.6. The number of hydrogen-bond donors (Lipinski definition) is 2. The van der Waals surface area contributed by atoms with Crippen LogP contribution in [0.1, 0.15) is 45.2 Å². The van der Waals surface area contributed by atoms with E-state index in [4.69, 9.17) is 4.74 Å². The number of hydrogen-bond acceptors (Lipinski definition) is 4. The van der Waals surface area contributed by atoms with Crippen LogP contribution < -0.4 is 15.5 Å². The number of nitrogens with zero attached hydrogens (tertiary/aromatic N) is 3. The summed E-state index contributed by atoms with van der Waals surface area (Å²) in [4.78, 5) is 9.41. The Morgan fingerprint density at radius 3 is 2.57 bits per heavy atom. The Hall–Kier alpha value is -1.79. The van der Waals surface area contributed by atoms with E-state index in [2.05, 4.69) is 70.5 Å². The fourth-order valence-electron chi connectivity index (χ4n) is 4.03. The van der Waals surface area contributed by atoms with Crippen LogP contribution in [0.3, 0.4) is 0 Å². The number of guanidine groups is 1. The second-order valence-electron chi connectivity index (χ2n) is 8.49. The normalized spacial score (nSPS) is 20.3. The number of anilines is 1. The van der Waals surface area contributed by atoms with Gasteiger partial charge >= 0.3 is 0 Å². The molecule has 0 aliphatic carbocycles. The first-order valence-corrected chi connectivity index (χ1v) is 10.6. The number of morpholine rings is 1. The highest BCUT2D eigenvalue weighted by molar-refractivity contribution is 5.80. The summed E-state index contributed by atoms with van der Waals surface area (Å²) < 4.78 is 5.49. The van der Waals surface area contributed by atoms with Crippen LogP contribution in [0, 0.1) is 0 Å². The molecule has 0 spiro atoms. The van der Waals surface area contributed by atoms with Crippen LogP contribution in [0.2, 0.25) is 0 Å². The van der Waals surface area contributed by atoms with Crippen molar-refractivity contribution in [2.24, 2.45) is 4.99 Å². The monoisotopic (exact) mass is 387 g/mol. The molecule has 2 heterocycles. The van der Waals surface area contributed by atoms with Crippen LogP contribution in [0.4, 0.5) is 5.69 Å². The zero-order valence-corrected chi connectivity index (χ0v) is 18.0. The van der Waals surface area contributed by atoms with Crippen molar-refractivity contribution < 1.29 is 4.74 Å². The molecule has 3 rings (SSSR count). The summed E-state index contributed by atoms with van der Waals surface area (Å²) in [6.45, 7) is 13.6. The summed E-state index contributed by atoms with van der Waals surface area (Å²) in [5.74, 6) is 0.848. The number of aliphatic imine (C=N–C) groups is 1. The van der Waals surface area contributed by atoms with Gasteiger partial charge in [0.2, 0.25) is 0 Å². The minimum Gasteiger partial charge on any atom is -0.379 e. The summed E-state index contributed by atoms with van der Waals surface area (Å²) in [6, 6.07) is 9.09. The van der Waals surface area contributed by atoms with Gasteiger partial charge in [0, 0.05) is 51.0 Å². The average Bonchev–Trinajstić information content (AvgIpc) is 3.26. The highest BCUT2D eigenvalue weighted by Crippen LogP contribution is 2.24. The van der Waals surface area contributed by atoms with Gasteiger partial charge in [0.1, 0.15) is 0 Å². The molecule has 6 nitrogen and oxygen atoms in total. The first kappa shape index (κ1) is 20.9. The number of benzene rings is 1. The third-order valence-electron chi connectivity index (χ3n) is 5.97. The summed E-state index contributed by atoms with van der Waals surface area (Å²) in [5, 5.41) is 7.08. The smallest absolute Gasteiger partial charge is 0.191 e. The molecular weight excluding hydrogens is 350 g/mol. The van der Waals surface area contributed by atoms with Crippen LogP contribution in [0.5, 0.6) is 0 Å². The molecule has 1 aromatic carbocycles. The van der Waals surface area contributed by atoms with E-state index in [1.807, 2.05) is 7.05 Å². The van der Waals surface area contributed by atoms with Crippen LogP contribution in [0.15, 0.2) is 29.3 Å². The van der Waals surface area contributed by atoms with E-state index >= 15 is 0 Å². The molecule has 0 bridgehead atoms. The van der Waals surface area contributed by atoms with E-state index < -0.39 is 0 Å². The summed E-state index contributed by atoms with van der Waals surface area (Å²) in [6.07, 6.45) is 2.60. The predicted octanol–water partition coefficient (Wildman–Crippen LogP) is 2.62. The van der Waals surface area contributed by atoms with E-state index in [0.717, 1.165) is 38.8 Å². The fourth-order valence-corrected chi connectivity index (χ4v) is 4.03. The molecule has 1 atom stereocenters. The molecule has 2 saturated heterocycles. The van der Waals surface area contributed by atoms with E-state index in [-0.39, 0.29) is 11.6 Å². The lowest BCUT2D eigenvalue weighted by atomic mass is 10.0. The van der Waals surface area contributed by atoms with E-state index in [9.17, 15) is 0 Å². The molecule has 0 amide bonds. The predicted molar refractivity (Wildman–Crippen MR) is 117 cm³/mol. The highest BCUT2D eigenvalue weighted by atomic mass is 16.5. The Morgan fingerprint density at radius 1 is 1.18 bits per heavy atom. The van der Waals surface area contributed by atoms with Gasteiger partial charge in [0.05, 0.1) is 19.3 Å². The van der Waals surface area contributed by atoms with Gasteiger partial charge < -0.3 is 20.3 Å². The van der Waals surface area contributed by atoms with E-state index in [1.165, 1.54) is 37.2 Å². The molecule has 2 aliphatic rings. The average molecular weight is 388 g/mol. The molecule has 28 heavy (non-hydrogen) atoms. The minimum absolute atomic E-state index is 0.0559. The molecule has 0 aromatic heterocycles.